The molecular formula is C22H25NO4S. The van der Waals surface area contributed by atoms with Crippen LogP contribution in [-0.2, 0) is 14.3 Å². The number of nitrogens with one attached hydrogen (secondary N) is 1. The lowest BCUT2D eigenvalue weighted by atomic mass is 10.1. The van der Waals surface area contributed by atoms with E-state index in [2.05, 4.69) is 5.32 Å². The minimum Gasteiger partial charge on any atom is -0.454 e. The molecule has 0 aliphatic carbocycles. The first-order chi connectivity index (χ1) is 13.3. The lowest BCUT2D eigenvalue weighted by Gasteiger charge is -2.12. The molecule has 0 aromatic heterocycles. The van der Waals surface area contributed by atoms with Gasteiger partial charge in [-0.3, -0.25) is 14.4 Å². The van der Waals surface area contributed by atoms with Gasteiger partial charge in [0.25, 0.3) is 0 Å². The molecule has 1 N–H and O–H groups in total. The average molecular weight is 400 g/mol. The predicted octanol–water partition coefficient (Wildman–Crippen LogP) is 4.10. The van der Waals surface area contributed by atoms with Crippen LogP contribution in [0.2, 0.25) is 0 Å². The number of ether oxygens (including phenoxy) is 1. The molecule has 28 heavy (non-hydrogen) atoms. The van der Waals surface area contributed by atoms with Gasteiger partial charge >= 0.3 is 5.97 Å². The number of amides is 1. The first-order valence-electron chi connectivity index (χ1n) is 9.01. The second-order valence-electron chi connectivity index (χ2n) is 6.72. The van der Waals surface area contributed by atoms with E-state index in [1.54, 1.807) is 19.1 Å². The van der Waals surface area contributed by atoms with E-state index in [9.17, 15) is 14.4 Å². The predicted molar refractivity (Wildman–Crippen MR) is 113 cm³/mol. The highest BCUT2D eigenvalue weighted by Gasteiger charge is 2.19. The van der Waals surface area contributed by atoms with Crippen molar-refractivity contribution >= 4 is 35.1 Å². The molecule has 0 saturated carbocycles. The molecule has 0 bridgehead atoms. The smallest absolute Gasteiger partial charge is 0.316 e. The Morgan fingerprint density at radius 1 is 0.964 bits per heavy atom. The molecule has 2 rings (SSSR count). The molecule has 2 aromatic carbocycles. The maximum Gasteiger partial charge on any atom is 0.316 e. The third-order valence-corrected chi connectivity index (χ3v) is 5.03. The Balaban J connectivity index is 1.75. The third-order valence-electron chi connectivity index (χ3n) is 4.12. The quantitative estimate of drug-likeness (QED) is 0.534. The number of carbonyl (C=O) groups is 3. The molecule has 6 heteroatoms. The van der Waals surface area contributed by atoms with Crippen molar-refractivity contribution in [1.82, 2.24) is 0 Å². The van der Waals surface area contributed by atoms with Gasteiger partial charge in [0, 0.05) is 11.3 Å². The van der Waals surface area contributed by atoms with E-state index in [0.717, 1.165) is 34.1 Å². The molecule has 0 spiro atoms. The van der Waals surface area contributed by atoms with Crippen molar-refractivity contribution in [3.63, 3.8) is 0 Å². The lowest BCUT2D eigenvalue weighted by Crippen LogP contribution is -2.25. The number of rotatable bonds is 8. The largest absolute Gasteiger partial charge is 0.454 e. The van der Waals surface area contributed by atoms with E-state index < -0.39 is 12.1 Å². The summed E-state index contributed by atoms with van der Waals surface area (Å²) in [7, 11) is 0. The van der Waals surface area contributed by atoms with E-state index in [4.69, 9.17) is 4.74 Å². The molecule has 0 saturated heterocycles. The summed E-state index contributed by atoms with van der Waals surface area (Å²) >= 11 is 1.15. The maximum absolute atomic E-state index is 12.3. The van der Waals surface area contributed by atoms with Gasteiger partial charge in [0.1, 0.15) is 0 Å². The SMILES string of the molecule is Cc1ccc(C(=O)[C@H](C)OC(=O)CSCC(=O)Nc2ccc(C)cc2C)cc1. The van der Waals surface area contributed by atoms with Crippen molar-refractivity contribution in [1.29, 1.82) is 0 Å². The standard InChI is InChI=1S/C22H25NO4S/c1-14-5-8-18(9-6-14)22(26)17(4)27-21(25)13-28-12-20(24)23-19-10-7-15(2)11-16(19)3/h5-11,17H,12-13H2,1-4H3,(H,23,24)/t17-/m0/s1. The zero-order chi connectivity index (χ0) is 20.7. The maximum atomic E-state index is 12.3. The van der Waals surface area contributed by atoms with Crippen LogP contribution in [0.1, 0.15) is 34.0 Å². The van der Waals surface area contributed by atoms with Gasteiger partial charge in [0.05, 0.1) is 11.5 Å². The molecule has 2 aromatic rings. The number of hydrogen-bond acceptors (Lipinski definition) is 5. The van der Waals surface area contributed by atoms with Crippen LogP contribution in [0.4, 0.5) is 5.69 Å². The fraction of sp³-hybridized carbons (Fsp3) is 0.318. The Bertz CT molecular complexity index is 861. The van der Waals surface area contributed by atoms with Gasteiger partial charge in [-0.1, -0.05) is 47.5 Å². The molecule has 0 fully saturated rings. The highest BCUT2D eigenvalue weighted by atomic mass is 32.2. The summed E-state index contributed by atoms with van der Waals surface area (Å²) in [5, 5.41) is 2.83. The topological polar surface area (TPSA) is 72.5 Å². The summed E-state index contributed by atoms with van der Waals surface area (Å²) in [4.78, 5) is 36.3. The number of anilines is 1. The summed E-state index contributed by atoms with van der Waals surface area (Å²) < 4.78 is 5.19. The Morgan fingerprint density at radius 3 is 2.25 bits per heavy atom. The Morgan fingerprint density at radius 2 is 1.61 bits per heavy atom. The van der Waals surface area contributed by atoms with Gasteiger partial charge in [-0.05, 0) is 39.3 Å². The fourth-order valence-electron chi connectivity index (χ4n) is 2.60. The van der Waals surface area contributed by atoms with E-state index in [0.29, 0.717) is 5.56 Å². The third kappa shape index (κ3) is 6.53. The van der Waals surface area contributed by atoms with Gasteiger partial charge < -0.3 is 10.1 Å². The lowest BCUT2D eigenvalue weighted by molar-refractivity contribution is -0.143. The van der Waals surface area contributed by atoms with Crippen molar-refractivity contribution < 1.29 is 19.1 Å². The van der Waals surface area contributed by atoms with Crippen LogP contribution in [0, 0.1) is 20.8 Å². The second-order valence-corrected chi connectivity index (χ2v) is 7.71. The van der Waals surface area contributed by atoms with Crippen LogP contribution in [0.25, 0.3) is 0 Å². The van der Waals surface area contributed by atoms with Crippen molar-refractivity contribution in [3.05, 3.63) is 64.7 Å². The number of esters is 1. The van der Waals surface area contributed by atoms with Crippen molar-refractivity contribution in [3.8, 4) is 0 Å². The van der Waals surface area contributed by atoms with Gasteiger partial charge in [-0.15, -0.1) is 11.8 Å². The Hall–Kier alpha value is -2.60. The number of carbonyl (C=O) groups excluding carboxylic acids is 3. The molecular weight excluding hydrogens is 374 g/mol. The highest BCUT2D eigenvalue weighted by molar-refractivity contribution is 8.00. The fourth-order valence-corrected chi connectivity index (χ4v) is 3.20. The molecule has 1 atom stereocenters. The Labute approximate surface area is 169 Å². The van der Waals surface area contributed by atoms with Gasteiger partial charge in [-0.25, -0.2) is 0 Å². The number of aryl methyl sites for hydroxylation is 3. The van der Waals surface area contributed by atoms with Crippen molar-refractivity contribution in [2.45, 2.75) is 33.8 Å². The highest BCUT2D eigenvalue weighted by Crippen LogP contribution is 2.16. The summed E-state index contributed by atoms with van der Waals surface area (Å²) in [6.07, 6.45) is -0.861. The minimum atomic E-state index is -0.861. The number of benzene rings is 2. The number of Topliss-reactive ketones (excluding diaryl/α,β-unsaturated/α-hetero) is 1. The van der Waals surface area contributed by atoms with Gasteiger partial charge in [-0.2, -0.15) is 0 Å². The molecule has 148 valence electrons. The van der Waals surface area contributed by atoms with Crippen LogP contribution in [0.5, 0.6) is 0 Å². The van der Waals surface area contributed by atoms with E-state index in [1.165, 1.54) is 0 Å². The van der Waals surface area contributed by atoms with E-state index in [-0.39, 0.29) is 23.2 Å². The number of hydrogen-bond donors (Lipinski definition) is 1. The van der Waals surface area contributed by atoms with Crippen LogP contribution in [-0.4, -0.2) is 35.3 Å². The van der Waals surface area contributed by atoms with Crippen LogP contribution in [0.15, 0.2) is 42.5 Å². The average Bonchev–Trinajstić information content (AvgIpc) is 2.64. The summed E-state index contributed by atoms with van der Waals surface area (Å²) in [5.74, 6) is -0.814. The number of ketones is 1. The molecule has 0 unspecified atom stereocenters. The zero-order valence-electron chi connectivity index (χ0n) is 16.6. The molecule has 0 heterocycles. The van der Waals surface area contributed by atoms with Crippen molar-refractivity contribution in [2.75, 3.05) is 16.8 Å². The monoisotopic (exact) mass is 399 g/mol. The molecule has 1 amide bonds. The normalized spacial score (nSPS) is 11.6. The Kier molecular flexibility index (Phi) is 7.81. The van der Waals surface area contributed by atoms with E-state index >= 15 is 0 Å². The van der Waals surface area contributed by atoms with Gasteiger partial charge in [0.2, 0.25) is 11.7 Å². The summed E-state index contributed by atoms with van der Waals surface area (Å²) in [5.41, 5.74) is 4.43. The van der Waals surface area contributed by atoms with Crippen molar-refractivity contribution in [2.24, 2.45) is 0 Å². The van der Waals surface area contributed by atoms with E-state index in [1.807, 2.05) is 51.1 Å². The first-order valence-corrected chi connectivity index (χ1v) is 10.2. The summed E-state index contributed by atoms with van der Waals surface area (Å²) in [6.45, 7) is 7.41. The first kappa shape index (κ1) is 21.7. The molecule has 0 aliphatic heterocycles. The van der Waals surface area contributed by atoms with Crippen LogP contribution >= 0.6 is 11.8 Å². The summed E-state index contributed by atoms with van der Waals surface area (Å²) in [6, 6.07) is 12.9. The van der Waals surface area contributed by atoms with Gasteiger partial charge in [0.15, 0.2) is 6.10 Å². The number of thioether (sulfide) groups is 1. The molecule has 0 radical (unpaired) electrons. The minimum absolute atomic E-state index is 0.00577. The zero-order valence-corrected chi connectivity index (χ0v) is 17.4. The molecule has 0 aliphatic rings. The molecule has 5 nitrogen and oxygen atoms in total. The van der Waals surface area contributed by atoms with Crippen LogP contribution in [0.3, 0.4) is 0 Å². The van der Waals surface area contributed by atoms with Crippen LogP contribution < -0.4 is 5.32 Å². The second kappa shape index (κ2) is 10.1.